The summed E-state index contributed by atoms with van der Waals surface area (Å²) in [5.41, 5.74) is 0.666. The number of carboxylic acids is 1. The number of fused-ring (bicyclic) bond motifs is 1. The zero-order valence-electron chi connectivity index (χ0n) is 13.8. The highest BCUT2D eigenvalue weighted by molar-refractivity contribution is 5.87. The molecule has 0 bridgehead atoms. The molecule has 0 aromatic heterocycles. The molecule has 130 valence electrons. The summed E-state index contributed by atoms with van der Waals surface area (Å²) in [5.74, 6) is -0.490. The molecule has 0 aliphatic heterocycles. The predicted molar refractivity (Wildman–Crippen MR) is 90.4 cm³/mol. The fourth-order valence-corrected chi connectivity index (χ4v) is 3.20. The normalized spacial score (nSPS) is 18.3. The van der Waals surface area contributed by atoms with Crippen molar-refractivity contribution < 1.29 is 24.2 Å². The Balaban J connectivity index is 1.79. The Morgan fingerprint density at radius 2 is 1.92 bits per heavy atom. The number of carbonyl (C=O) groups excluding carboxylic acids is 1. The monoisotopic (exact) mass is 341 g/mol. The van der Waals surface area contributed by atoms with Crippen molar-refractivity contribution >= 4 is 12.1 Å². The van der Waals surface area contributed by atoms with Gasteiger partial charge in [0.25, 0.3) is 0 Å². The van der Waals surface area contributed by atoms with Crippen LogP contribution in [0.25, 0.3) is 0 Å². The minimum absolute atomic E-state index is 0.0767. The van der Waals surface area contributed by atoms with Crippen LogP contribution in [0.4, 0.5) is 4.79 Å². The molecule has 1 amide bonds. The number of carbonyl (C=O) groups is 2. The molecule has 1 aliphatic rings. The Bertz CT molecular complexity index is 790. The first-order chi connectivity index (χ1) is 12.1. The summed E-state index contributed by atoms with van der Waals surface area (Å²) in [6.45, 7) is 0.0767. The molecule has 3 rings (SSSR count). The molecule has 0 saturated carbocycles. The van der Waals surface area contributed by atoms with Gasteiger partial charge >= 0.3 is 12.1 Å². The molecule has 25 heavy (non-hydrogen) atoms. The van der Waals surface area contributed by atoms with Crippen molar-refractivity contribution in [2.45, 2.75) is 25.0 Å². The van der Waals surface area contributed by atoms with E-state index in [0.29, 0.717) is 17.7 Å². The molecular weight excluding hydrogens is 322 g/mol. The molecule has 0 fully saturated rings. The molecule has 1 aliphatic carbocycles. The molecule has 0 radical (unpaired) electrons. The Morgan fingerprint density at radius 1 is 1.16 bits per heavy atom. The predicted octanol–water partition coefficient (Wildman–Crippen LogP) is 2.85. The van der Waals surface area contributed by atoms with Crippen LogP contribution < -0.4 is 10.1 Å². The molecule has 0 saturated heterocycles. The van der Waals surface area contributed by atoms with Gasteiger partial charge in [-0.1, -0.05) is 42.5 Å². The van der Waals surface area contributed by atoms with Gasteiger partial charge in [0, 0.05) is 5.56 Å². The molecule has 2 aromatic carbocycles. The minimum atomic E-state index is -1.50. The summed E-state index contributed by atoms with van der Waals surface area (Å²) >= 11 is 0. The number of hydrogen-bond acceptors (Lipinski definition) is 4. The van der Waals surface area contributed by atoms with Gasteiger partial charge in [-0.05, 0) is 30.0 Å². The van der Waals surface area contributed by atoms with E-state index in [1.807, 2.05) is 30.3 Å². The van der Waals surface area contributed by atoms with Crippen LogP contribution in [0.1, 0.15) is 23.1 Å². The third-order valence-electron chi connectivity index (χ3n) is 4.46. The van der Waals surface area contributed by atoms with Crippen LogP contribution in [-0.4, -0.2) is 24.3 Å². The van der Waals surface area contributed by atoms with Crippen LogP contribution in [0, 0.1) is 0 Å². The van der Waals surface area contributed by atoms with E-state index in [2.05, 4.69) is 5.32 Å². The van der Waals surface area contributed by atoms with E-state index in [-0.39, 0.29) is 13.0 Å². The Hall–Kier alpha value is -3.02. The van der Waals surface area contributed by atoms with Crippen LogP contribution in [-0.2, 0) is 28.1 Å². The van der Waals surface area contributed by atoms with E-state index in [1.54, 1.807) is 18.2 Å². The zero-order valence-corrected chi connectivity index (χ0v) is 13.8. The molecule has 2 N–H and O–H groups in total. The van der Waals surface area contributed by atoms with E-state index in [1.165, 1.54) is 7.11 Å². The molecule has 0 spiro atoms. The van der Waals surface area contributed by atoms with E-state index in [0.717, 1.165) is 11.1 Å². The molecule has 2 aromatic rings. The number of aliphatic carboxylic acids is 1. The van der Waals surface area contributed by atoms with Crippen molar-refractivity contribution in [1.29, 1.82) is 0 Å². The van der Waals surface area contributed by atoms with Gasteiger partial charge in [0.05, 0.1) is 7.11 Å². The number of methoxy groups -OCH3 is 1. The highest BCUT2D eigenvalue weighted by atomic mass is 16.5. The first-order valence-corrected chi connectivity index (χ1v) is 7.95. The standard InChI is InChI=1S/C19H19NO5/c1-24-16-9-5-8-15-14(16)10-11-19(15,17(21)22)20-18(23)25-12-13-6-3-2-4-7-13/h2-9H,10-12H2,1H3,(H,20,23)(H,21,22). The highest BCUT2D eigenvalue weighted by Crippen LogP contribution is 2.41. The summed E-state index contributed by atoms with van der Waals surface area (Å²) < 4.78 is 10.5. The van der Waals surface area contributed by atoms with Gasteiger partial charge < -0.3 is 19.9 Å². The number of carboxylic acid groups (broad SMARTS) is 1. The second kappa shape index (κ2) is 6.84. The van der Waals surface area contributed by atoms with Gasteiger partial charge in [0.2, 0.25) is 0 Å². The summed E-state index contributed by atoms with van der Waals surface area (Å²) in [6, 6.07) is 14.4. The molecule has 6 nitrogen and oxygen atoms in total. The highest BCUT2D eigenvalue weighted by Gasteiger charge is 2.48. The molecule has 0 heterocycles. The third-order valence-corrected chi connectivity index (χ3v) is 4.46. The Kier molecular flexibility index (Phi) is 4.61. The summed E-state index contributed by atoms with van der Waals surface area (Å²) in [4.78, 5) is 24.2. The maximum absolute atomic E-state index is 12.2. The minimum Gasteiger partial charge on any atom is -0.496 e. The van der Waals surface area contributed by atoms with E-state index >= 15 is 0 Å². The van der Waals surface area contributed by atoms with Gasteiger partial charge in [-0.2, -0.15) is 0 Å². The lowest BCUT2D eigenvalue weighted by atomic mass is 9.92. The fourth-order valence-electron chi connectivity index (χ4n) is 3.20. The first kappa shape index (κ1) is 16.8. The van der Waals surface area contributed by atoms with Crippen molar-refractivity contribution in [3.05, 3.63) is 65.2 Å². The second-order valence-corrected chi connectivity index (χ2v) is 5.88. The smallest absolute Gasteiger partial charge is 0.408 e. The lowest BCUT2D eigenvalue weighted by Gasteiger charge is -2.26. The summed E-state index contributed by atoms with van der Waals surface area (Å²) in [6.07, 6.45) is -0.00904. The van der Waals surface area contributed by atoms with Crippen LogP contribution in [0.2, 0.25) is 0 Å². The average Bonchev–Trinajstić information content (AvgIpc) is 3.01. The fraction of sp³-hybridized carbons (Fsp3) is 0.263. The van der Waals surface area contributed by atoms with Crippen LogP contribution in [0.5, 0.6) is 5.75 Å². The van der Waals surface area contributed by atoms with Crippen molar-refractivity contribution in [3.63, 3.8) is 0 Å². The van der Waals surface area contributed by atoms with Crippen molar-refractivity contribution in [1.82, 2.24) is 5.32 Å². The lowest BCUT2D eigenvalue weighted by molar-refractivity contribution is -0.145. The van der Waals surface area contributed by atoms with Gasteiger partial charge in [0.15, 0.2) is 5.54 Å². The van der Waals surface area contributed by atoms with Crippen molar-refractivity contribution in [2.75, 3.05) is 7.11 Å². The molecular formula is C19H19NO5. The molecule has 1 unspecified atom stereocenters. The topological polar surface area (TPSA) is 84.9 Å². The van der Waals surface area contributed by atoms with E-state index in [9.17, 15) is 14.7 Å². The number of benzene rings is 2. The maximum atomic E-state index is 12.2. The number of amides is 1. The maximum Gasteiger partial charge on any atom is 0.408 e. The SMILES string of the molecule is COc1cccc2c1CCC2(NC(=O)OCc1ccccc1)C(=O)O. The largest absolute Gasteiger partial charge is 0.496 e. The van der Waals surface area contributed by atoms with Crippen LogP contribution in [0.15, 0.2) is 48.5 Å². The van der Waals surface area contributed by atoms with Gasteiger partial charge in [0.1, 0.15) is 12.4 Å². The first-order valence-electron chi connectivity index (χ1n) is 7.95. The van der Waals surface area contributed by atoms with E-state index in [4.69, 9.17) is 9.47 Å². The molecule has 6 heteroatoms. The third kappa shape index (κ3) is 3.15. The van der Waals surface area contributed by atoms with Crippen LogP contribution in [0.3, 0.4) is 0 Å². The number of hydrogen-bond donors (Lipinski definition) is 2. The second-order valence-electron chi connectivity index (χ2n) is 5.88. The average molecular weight is 341 g/mol. The van der Waals surface area contributed by atoms with E-state index < -0.39 is 17.6 Å². The van der Waals surface area contributed by atoms with Crippen LogP contribution >= 0.6 is 0 Å². The number of alkyl carbamates (subject to hydrolysis) is 1. The summed E-state index contributed by atoms with van der Waals surface area (Å²) in [5, 5.41) is 12.4. The molecule has 1 atom stereocenters. The zero-order chi connectivity index (χ0) is 17.9. The van der Waals surface area contributed by atoms with Gasteiger partial charge in [-0.15, -0.1) is 0 Å². The quantitative estimate of drug-likeness (QED) is 0.873. The summed E-state index contributed by atoms with van der Waals surface area (Å²) in [7, 11) is 1.54. The van der Waals surface area contributed by atoms with Crippen molar-refractivity contribution in [2.24, 2.45) is 0 Å². The van der Waals surface area contributed by atoms with Gasteiger partial charge in [-0.25, -0.2) is 9.59 Å². The van der Waals surface area contributed by atoms with Crippen molar-refractivity contribution in [3.8, 4) is 5.75 Å². The van der Waals surface area contributed by atoms with Gasteiger partial charge in [-0.3, -0.25) is 0 Å². The number of rotatable bonds is 5. The number of ether oxygens (including phenoxy) is 2. The number of nitrogens with one attached hydrogen (secondary N) is 1. The lowest BCUT2D eigenvalue weighted by Crippen LogP contribution is -2.50. The Morgan fingerprint density at radius 3 is 2.60 bits per heavy atom. The Labute approximate surface area is 145 Å².